The van der Waals surface area contributed by atoms with Gasteiger partial charge in [-0.1, -0.05) is 18.2 Å². The van der Waals surface area contributed by atoms with Crippen molar-refractivity contribution in [3.8, 4) is 5.88 Å². The van der Waals surface area contributed by atoms with Crippen LogP contribution in [0.25, 0.3) is 0 Å². The summed E-state index contributed by atoms with van der Waals surface area (Å²) in [6.45, 7) is 6.68. The Hall–Kier alpha value is -3.16. The first-order valence-electron chi connectivity index (χ1n) is 10.6. The summed E-state index contributed by atoms with van der Waals surface area (Å²) in [5.41, 5.74) is 0.463. The van der Waals surface area contributed by atoms with Gasteiger partial charge in [-0.3, -0.25) is 0 Å². The van der Waals surface area contributed by atoms with E-state index < -0.39 is 17.4 Å². The van der Waals surface area contributed by atoms with Gasteiger partial charge in [-0.15, -0.1) is 0 Å². The van der Waals surface area contributed by atoms with E-state index in [0.29, 0.717) is 19.0 Å². The molecule has 7 nitrogen and oxygen atoms in total. The van der Waals surface area contributed by atoms with Gasteiger partial charge in [0.25, 0.3) is 0 Å². The maximum atomic E-state index is 14.5. The number of hydrogen-bond donors (Lipinski definition) is 0. The molecule has 0 spiro atoms. The van der Waals surface area contributed by atoms with Gasteiger partial charge >= 0.3 is 12.1 Å². The molecule has 1 aliphatic heterocycles. The zero-order valence-electron chi connectivity index (χ0n) is 18.9. The molecule has 1 fully saturated rings. The van der Waals surface area contributed by atoms with Crippen molar-refractivity contribution >= 4 is 12.1 Å². The summed E-state index contributed by atoms with van der Waals surface area (Å²) in [5, 5.41) is 0. The Balaban J connectivity index is 1.60. The van der Waals surface area contributed by atoms with Crippen LogP contribution in [0.5, 0.6) is 5.88 Å². The number of carbonyl (C=O) groups excluding carboxylic acids is 2. The Morgan fingerprint density at radius 2 is 1.81 bits per heavy atom. The third kappa shape index (κ3) is 5.96. The largest absolute Gasteiger partial charge is 0.473 e. The summed E-state index contributed by atoms with van der Waals surface area (Å²) in [7, 11) is 1.21. The Morgan fingerprint density at radius 3 is 2.47 bits per heavy atom. The number of pyridine rings is 1. The van der Waals surface area contributed by atoms with E-state index in [9.17, 15) is 14.0 Å². The van der Waals surface area contributed by atoms with Crippen molar-refractivity contribution in [2.45, 2.75) is 51.7 Å². The number of piperidine rings is 1. The number of benzene rings is 1. The van der Waals surface area contributed by atoms with Gasteiger partial charge in [-0.2, -0.15) is 0 Å². The summed E-state index contributed by atoms with van der Waals surface area (Å²) in [4.78, 5) is 30.2. The zero-order chi connectivity index (χ0) is 23.3. The number of amides is 1. The summed E-state index contributed by atoms with van der Waals surface area (Å²) in [6, 6.07) is 9.99. The highest BCUT2D eigenvalue weighted by molar-refractivity contribution is 5.89. The lowest BCUT2D eigenvalue weighted by Crippen LogP contribution is -2.41. The van der Waals surface area contributed by atoms with E-state index in [4.69, 9.17) is 9.47 Å². The highest BCUT2D eigenvalue weighted by Gasteiger charge is 2.28. The van der Waals surface area contributed by atoms with Gasteiger partial charge in [0.05, 0.1) is 12.7 Å². The molecule has 0 N–H and O–H groups in total. The van der Waals surface area contributed by atoms with Gasteiger partial charge in [-0.25, -0.2) is 19.0 Å². The second-order valence-corrected chi connectivity index (χ2v) is 8.70. The Bertz CT molecular complexity index is 965. The van der Waals surface area contributed by atoms with Crippen molar-refractivity contribution in [2.24, 2.45) is 0 Å². The van der Waals surface area contributed by atoms with Crippen LogP contribution in [0.3, 0.4) is 0 Å². The van der Waals surface area contributed by atoms with Crippen LogP contribution in [0.15, 0.2) is 36.4 Å². The molecular weight excluding hydrogens is 415 g/mol. The standard InChI is InChI=1S/C24H29FN2O5/c1-24(2,3)32-23(29)27-13-11-16(12-14-27)19-9-6-10-20(26-19)31-15-17-7-5-8-18(21(17)25)22(28)30-4/h5-10,16H,11-15H2,1-4H3. The van der Waals surface area contributed by atoms with Crippen molar-refractivity contribution in [1.82, 2.24) is 9.88 Å². The van der Waals surface area contributed by atoms with E-state index in [-0.39, 0.29) is 29.7 Å². The van der Waals surface area contributed by atoms with Crippen LogP contribution in [-0.2, 0) is 16.1 Å². The monoisotopic (exact) mass is 444 g/mol. The number of rotatable bonds is 5. The Morgan fingerprint density at radius 1 is 1.12 bits per heavy atom. The predicted molar refractivity (Wildman–Crippen MR) is 116 cm³/mol. The molecule has 0 aliphatic carbocycles. The smallest absolute Gasteiger partial charge is 0.410 e. The lowest BCUT2D eigenvalue weighted by Gasteiger charge is -2.33. The molecule has 1 aromatic heterocycles. The summed E-state index contributed by atoms with van der Waals surface area (Å²) in [5.74, 6) is -0.830. The first kappa shape index (κ1) is 23.5. The molecule has 32 heavy (non-hydrogen) atoms. The molecular formula is C24H29FN2O5. The molecule has 0 unspecified atom stereocenters. The quantitative estimate of drug-likeness (QED) is 0.622. The van der Waals surface area contributed by atoms with Crippen molar-refractivity contribution < 1.29 is 28.2 Å². The number of aromatic nitrogens is 1. The molecule has 172 valence electrons. The van der Waals surface area contributed by atoms with E-state index >= 15 is 0 Å². The number of esters is 1. The fourth-order valence-electron chi connectivity index (χ4n) is 3.53. The van der Waals surface area contributed by atoms with Gasteiger partial charge in [0.2, 0.25) is 5.88 Å². The normalized spacial score (nSPS) is 14.7. The second-order valence-electron chi connectivity index (χ2n) is 8.70. The first-order chi connectivity index (χ1) is 15.2. The Kier molecular flexibility index (Phi) is 7.33. The maximum absolute atomic E-state index is 14.5. The molecule has 1 aliphatic rings. The van der Waals surface area contributed by atoms with Crippen LogP contribution in [0, 0.1) is 5.82 Å². The molecule has 0 saturated carbocycles. The number of nitrogens with zero attached hydrogens (tertiary/aromatic N) is 2. The third-order valence-electron chi connectivity index (χ3n) is 5.17. The molecule has 3 rings (SSSR count). The van der Waals surface area contributed by atoms with Gasteiger partial charge in [0, 0.05) is 36.3 Å². The number of methoxy groups -OCH3 is 1. The molecule has 0 bridgehead atoms. The number of ether oxygens (including phenoxy) is 3. The number of carbonyl (C=O) groups is 2. The SMILES string of the molecule is COC(=O)c1cccc(COc2cccc(C3CCN(C(=O)OC(C)(C)C)CC3)n2)c1F. The minimum absolute atomic E-state index is 0.0653. The number of hydrogen-bond acceptors (Lipinski definition) is 6. The molecule has 1 amide bonds. The van der Waals surface area contributed by atoms with Crippen molar-refractivity contribution in [2.75, 3.05) is 20.2 Å². The van der Waals surface area contributed by atoms with Crippen LogP contribution < -0.4 is 4.74 Å². The third-order valence-corrected chi connectivity index (χ3v) is 5.17. The number of likely N-dealkylation sites (tertiary alicyclic amines) is 1. The fraction of sp³-hybridized carbons (Fsp3) is 0.458. The second kappa shape index (κ2) is 9.97. The van der Waals surface area contributed by atoms with Crippen molar-refractivity contribution in [3.05, 3.63) is 59.0 Å². The number of halogens is 1. The highest BCUT2D eigenvalue weighted by atomic mass is 19.1. The maximum Gasteiger partial charge on any atom is 0.410 e. The summed E-state index contributed by atoms with van der Waals surface area (Å²) >= 11 is 0. The lowest BCUT2D eigenvalue weighted by molar-refractivity contribution is 0.0203. The Labute approximate surface area is 187 Å². The van der Waals surface area contributed by atoms with Gasteiger partial charge in [0.15, 0.2) is 0 Å². The average Bonchev–Trinajstić information content (AvgIpc) is 2.77. The zero-order valence-corrected chi connectivity index (χ0v) is 18.9. The highest BCUT2D eigenvalue weighted by Crippen LogP contribution is 2.29. The summed E-state index contributed by atoms with van der Waals surface area (Å²) < 4.78 is 30.3. The van der Waals surface area contributed by atoms with E-state index in [1.807, 2.05) is 32.9 Å². The van der Waals surface area contributed by atoms with E-state index in [2.05, 4.69) is 9.72 Å². The lowest BCUT2D eigenvalue weighted by atomic mass is 9.93. The molecule has 1 aromatic carbocycles. The van der Waals surface area contributed by atoms with E-state index in [1.54, 1.807) is 23.1 Å². The summed E-state index contributed by atoms with van der Waals surface area (Å²) in [6.07, 6.45) is 1.24. The van der Waals surface area contributed by atoms with Crippen molar-refractivity contribution in [1.29, 1.82) is 0 Å². The van der Waals surface area contributed by atoms with Gasteiger partial charge < -0.3 is 19.1 Å². The minimum Gasteiger partial charge on any atom is -0.473 e. The predicted octanol–water partition coefficient (Wildman–Crippen LogP) is 4.70. The van der Waals surface area contributed by atoms with E-state index in [1.165, 1.54) is 13.2 Å². The van der Waals surface area contributed by atoms with Crippen LogP contribution in [-0.4, -0.2) is 47.7 Å². The van der Waals surface area contributed by atoms with Crippen LogP contribution in [0.1, 0.15) is 61.1 Å². The molecule has 2 heterocycles. The fourth-order valence-corrected chi connectivity index (χ4v) is 3.53. The van der Waals surface area contributed by atoms with Crippen LogP contribution in [0.2, 0.25) is 0 Å². The molecule has 1 saturated heterocycles. The average molecular weight is 445 g/mol. The molecule has 0 radical (unpaired) electrons. The minimum atomic E-state index is -0.734. The first-order valence-corrected chi connectivity index (χ1v) is 10.6. The van der Waals surface area contributed by atoms with Crippen LogP contribution in [0.4, 0.5) is 9.18 Å². The van der Waals surface area contributed by atoms with Crippen molar-refractivity contribution in [3.63, 3.8) is 0 Å². The van der Waals surface area contributed by atoms with E-state index in [0.717, 1.165) is 18.5 Å². The van der Waals surface area contributed by atoms with Gasteiger partial charge in [0.1, 0.15) is 18.0 Å². The molecule has 2 aromatic rings. The van der Waals surface area contributed by atoms with Crippen LogP contribution >= 0.6 is 0 Å². The topological polar surface area (TPSA) is 78.0 Å². The molecule has 0 atom stereocenters. The van der Waals surface area contributed by atoms with Gasteiger partial charge in [-0.05, 0) is 45.7 Å². The molecule has 8 heteroatoms.